The predicted molar refractivity (Wildman–Crippen MR) is 348 cm³/mol. The summed E-state index contributed by atoms with van der Waals surface area (Å²) >= 11 is 0. The van der Waals surface area contributed by atoms with Crippen LogP contribution in [-0.2, 0) is 85.4 Å². The molecule has 44 atom stereocenters. The van der Waals surface area contributed by atoms with Crippen LogP contribution >= 0.6 is 0 Å². The molecule has 646 valence electrons. The first-order valence-corrected chi connectivity index (χ1v) is 35.6. The number of pyridine rings is 1. The highest BCUT2D eigenvalue weighted by atomic mass is 16.8. The van der Waals surface area contributed by atoms with Crippen molar-refractivity contribution >= 4 is 17.6 Å². The highest BCUT2D eigenvalue weighted by Crippen LogP contribution is 2.39. The number of hydrogen-bond acceptors (Lipinski definition) is 47. The van der Waals surface area contributed by atoms with Crippen LogP contribution in [0.4, 0.5) is 5.82 Å². The van der Waals surface area contributed by atoms with Crippen LogP contribution in [0.2, 0.25) is 0 Å². The first-order valence-electron chi connectivity index (χ1n) is 35.6. The molecule has 8 fully saturated rings. The lowest BCUT2D eigenvalue weighted by atomic mass is 9.94. The van der Waals surface area contributed by atoms with Crippen molar-refractivity contribution in [1.29, 1.82) is 0 Å². The van der Waals surface area contributed by atoms with Crippen LogP contribution in [-0.4, -0.2) is 491 Å². The molecule has 8 aliphatic heterocycles. The van der Waals surface area contributed by atoms with Gasteiger partial charge in [-0.15, -0.1) is 0 Å². The lowest BCUT2D eigenvalue weighted by molar-refractivity contribution is -0.408. The first-order chi connectivity index (χ1) is 53.2. The zero-order valence-electron chi connectivity index (χ0n) is 59.7. The Labute approximate surface area is 634 Å². The number of nitrogens with one attached hydrogen (secondary N) is 3. The second-order valence-corrected chi connectivity index (χ2v) is 27.9. The zero-order valence-corrected chi connectivity index (χ0v) is 59.7. The quantitative estimate of drug-likeness (QED) is 0.0311. The average molecular weight is 1640 g/mol. The van der Waals surface area contributed by atoms with Crippen molar-refractivity contribution in [3.8, 4) is 0 Å². The van der Waals surface area contributed by atoms with Gasteiger partial charge in [0.25, 0.3) is 0 Å². The van der Waals surface area contributed by atoms with Crippen LogP contribution < -0.4 is 16.0 Å². The van der Waals surface area contributed by atoms with Gasteiger partial charge in [-0.1, -0.05) is 6.07 Å². The highest BCUT2D eigenvalue weighted by molar-refractivity contribution is 5.73. The summed E-state index contributed by atoms with van der Waals surface area (Å²) < 4.78 is 93.9. The van der Waals surface area contributed by atoms with Crippen molar-refractivity contribution in [2.45, 2.75) is 284 Å². The molecule has 112 heavy (non-hydrogen) atoms. The number of anilines is 1. The topological polar surface area (TPSA) is 777 Å². The second-order valence-electron chi connectivity index (χ2n) is 27.9. The van der Waals surface area contributed by atoms with Crippen LogP contribution in [0.3, 0.4) is 0 Å². The van der Waals surface area contributed by atoms with Gasteiger partial charge in [-0.05, 0) is 12.1 Å². The van der Waals surface area contributed by atoms with Crippen molar-refractivity contribution in [3.05, 3.63) is 24.4 Å². The molecule has 49 heteroatoms. The smallest absolute Gasteiger partial charge is 0.217 e. The second kappa shape index (κ2) is 41.2. The molecule has 0 aromatic carbocycles. The molecule has 8 saturated heterocycles. The van der Waals surface area contributed by atoms with Crippen molar-refractivity contribution in [1.82, 2.24) is 15.6 Å². The summed E-state index contributed by atoms with van der Waals surface area (Å²) in [5.41, 5.74) is 0. The van der Waals surface area contributed by atoms with Gasteiger partial charge >= 0.3 is 0 Å². The molecule has 0 unspecified atom stereocenters. The van der Waals surface area contributed by atoms with Crippen LogP contribution in [0.25, 0.3) is 0 Å². The zero-order chi connectivity index (χ0) is 82.2. The Balaban J connectivity index is 1.06. The van der Waals surface area contributed by atoms with E-state index >= 15 is 0 Å². The molecule has 1 aromatic heterocycles. The number of aromatic nitrogens is 1. The number of amides is 2. The van der Waals surface area contributed by atoms with Gasteiger partial charge in [0.2, 0.25) is 11.8 Å². The first kappa shape index (κ1) is 92.1. The number of ether oxygens (including phenoxy) is 16. The summed E-state index contributed by atoms with van der Waals surface area (Å²) in [7, 11) is 0. The van der Waals surface area contributed by atoms with E-state index < -0.39 is 341 Å². The summed E-state index contributed by atoms with van der Waals surface area (Å²) in [6, 6.07) is 1.32. The fraction of sp³-hybridized carbons (Fsp3) is 0.889. The molecule has 0 saturated carbocycles. The third kappa shape index (κ3) is 20.9. The Hall–Kier alpha value is -3.83. The number of aliphatic hydroxyl groups is 27. The molecular formula is C63H104N4O45. The number of hydrogen-bond donors (Lipinski definition) is 30. The minimum Gasteiger partial charge on any atom is -0.394 e. The number of carbonyl (C=O) groups is 2. The standard InChI is InChI=1S/C63H104N4O45/c1-17(75)66-19(7-65-29-5-3-4-6-64-29)31(78)50(20(77)8-68)107-56-30(67-18(2)76)39(86)51(26(14-74)104-56)108-61-49(96)53(110-62-55(44(91)36(83)24(12-72)102-62)112-63-54(43(90)35(82)25(13-73)103-63)111-60-47(94)42(89)34(81)23(11-71)101-60)38(85)28(106-61)16-98-58-48(95)52(109-59-46(93)41(88)33(80)22(10-70)100-59)37(84)27(105-58)15-97-57-45(92)40(87)32(79)21(9-69)99-57/h3-6,19-28,30-63,68-74,77-96H,7-16H2,1-2H3,(H,64,65)(H,66,75)(H,67,76)/t19-,20+,21+,22+,23+,24+,25+,26+,27+,28+,30+,31+,32+,33+,34+,35+,36+,37+,38+,39+,40-,41-,42-,43-,44-,45-,46-,47-,48-,49-,50+,51+,52-,53-,54-,55-,56-,57-,58-,59+,60+,61-,62+,63+/m0/s1. The molecule has 2 amide bonds. The van der Waals surface area contributed by atoms with Crippen LogP contribution in [0.1, 0.15) is 13.8 Å². The van der Waals surface area contributed by atoms with Gasteiger partial charge in [0.15, 0.2) is 50.3 Å². The molecule has 1 aromatic rings. The van der Waals surface area contributed by atoms with Gasteiger partial charge in [-0.3, -0.25) is 9.59 Å². The summed E-state index contributed by atoms with van der Waals surface area (Å²) in [6.45, 7) is -8.27. The van der Waals surface area contributed by atoms with Crippen molar-refractivity contribution in [3.63, 3.8) is 0 Å². The molecule has 9 rings (SSSR count). The largest absolute Gasteiger partial charge is 0.394 e. The molecule has 0 radical (unpaired) electrons. The van der Waals surface area contributed by atoms with Crippen LogP contribution in [0.15, 0.2) is 24.4 Å². The Morgan fingerprint density at radius 3 is 1.20 bits per heavy atom. The average Bonchev–Trinajstić information content (AvgIpc) is 0.763. The molecule has 49 nitrogen and oxygen atoms in total. The van der Waals surface area contributed by atoms with E-state index in [0.717, 1.165) is 13.8 Å². The summed E-state index contributed by atoms with van der Waals surface area (Å²) in [5, 5.41) is 307. The summed E-state index contributed by atoms with van der Waals surface area (Å²) in [5.74, 6) is -1.45. The van der Waals surface area contributed by atoms with E-state index in [1.165, 1.54) is 12.3 Å². The SMILES string of the molecule is CC(=O)N[C@H]1[C@H](O[C@@H]([C@H](O)[C@H](CNc2ccccn2)NC(C)=O)[C@H](O)CO)O[C@H](CO)[C@@H](O[C@@H]2O[C@H](CO[C@H]3O[C@H](CO[C@H]4O[C@H](CO)[C@@H](O)[C@H](O)[C@@H]4O)[C@@H](O)[C@H](O[C@H]4O[C@H](CO)[C@@H](O)[C@H](O)[C@@H]4O)[C@@H]3O)[C@@H](O)[C@H](O[C@H]3O[C@H](CO)[C@@H](O)[C@H](O)[C@@H]3O[C@H]3O[C@H](CO)[C@@H](O)[C@H](O)[C@@H]3O[C@H]3O[C@H](CO)[C@@H](O)[C@H](O)[C@@H]3O)[C@@H]2O)[C@@H]1O. The van der Waals surface area contributed by atoms with Crippen molar-refractivity contribution in [2.75, 3.05) is 71.3 Å². The predicted octanol–water partition coefficient (Wildman–Crippen LogP) is -19.2. The normalized spacial score (nSPS) is 46.0. The Morgan fingerprint density at radius 2 is 0.759 bits per heavy atom. The Morgan fingerprint density at radius 1 is 0.393 bits per heavy atom. The maximum atomic E-state index is 13.1. The minimum atomic E-state index is -2.60. The Kier molecular flexibility index (Phi) is 33.9. The van der Waals surface area contributed by atoms with E-state index in [2.05, 4.69) is 20.9 Å². The van der Waals surface area contributed by atoms with E-state index in [0.29, 0.717) is 0 Å². The van der Waals surface area contributed by atoms with E-state index in [1.807, 2.05) is 0 Å². The van der Waals surface area contributed by atoms with Gasteiger partial charge in [0.1, 0.15) is 219 Å². The molecule has 30 N–H and O–H groups in total. The molecule has 0 spiro atoms. The van der Waals surface area contributed by atoms with Crippen LogP contribution in [0, 0.1) is 0 Å². The molecule has 9 heterocycles. The third-order valence-corrected chi connectivity index (χ3v) is 20.2. The molecule has 0 aliphatic carbocycles. The van der Waals surface area contributed by atoms with E-state index in [1.54, 1.807) is 12.1 Å². The molecule has 0 bridgehead atoms. The van der Waals surface area contributed by atoms with Gasteiger partial charge in [-0.25, -0.2) is 4.98 Å². The van der Waals surface area contributed by atoms with Crippen molar-refractivity contribution in [2.24, 2.45) is 0 Å². The number of carbonyl (C=O) groups excluding carboxylic acids is 2. The lowest BCUT2D eigenvalue weighted by Crippen LogP contribution is -2.70. The van der Waals surface area contributed by atoms with Gasteiger partial charge in [0, 0.05) is 26.6 Å². The van der Waals surface area contributed by atoms with Crippen LogP contribution in [0.5, 0.6) is 0 Å². The van der Waals surface area contributed by atoms with Gasteiger partial charge < -0.3 is 230 Å². The van der Waals surface area contributed by atoms with Crippen molar-refractivity contribution < 1.29 is 223 Å². The van der Waals surface area contributed by atoms with E-state index in [4.69, 9.17) is 75.8 Å². The summed E-state index contributed by atoms with van der Waals surface area (Å²) in [4.78, 5) is 29.8. The fourth-order valence-corrected chi connectivity index (χ4v) is 13.8. The number of aliphatic hydroxyl groups excluding tert-OH is 27. The fourth-order valence-electron chi connectivity index (χ4n) is 13.8. The lowest BCUT2D eigenvalue weighted by Gasteiger charge is -2.51. The molecular weight excluding hydrogens is 1530 g/mol. The summed E-state index contributed by atoms with van der Waals surface area (Å²) in [6.07, 6.45) is -88.8. The maximum Gasteiger partial charge on any atom is 0.217 e. The number of nitrogens with zero attached hydrogens (tertiary/aromatic N) is 1. The highest BCUT2D eigenvalue weighted by Gasteiger charge is 2.60. The minimum absolute atomic E-state index is 0.243. The monoisotopic (exact) mass is 1640 g/mol. The maximum absolute atomic E-state index is 13.1. The molecule has 8 aliphatic rings. The third-order valence-electron chi connectivity index (χ3n) is 20.2. The van der Waals surface area contributed by atoms with E-state index in [9.17, 15) is 147 Å². The number of rotatable bonds is 33. The van der Waals surface area contributed by atoms with E-state index in [-0.39, 0.29) is 12.4 Å². The Bertz CT molecular complexity index is 3000. The van der Waals surface area contributed by atoms with Gasteiger partial charge in [0.05, 0.1) is 65.5 Å². The van der Waals surface area contributed by atoms with Gasteiger partial charge in [-0.2, -0.15) is 0 Å².